The maximum absolute atomic E-state index is 12.1. The number of nitrogens with one attached hydrogen (secondary N) is 2. The van der Waals surface area contributed by atoms with Crippen molar-refractivity contribution in [1.82, 2.24) is 10.3 Å². The van der Waals surface area contributed by atoms with Crippen LogP contribution in [0.4, 0.5) is 5.82 Å². The molecular weight excluding hydrogens is 214 g/mol. The standard InChI is InChI=1S/C13H21N3O/c1-4-7-10(5-2)16-13(17)11-8-6-9-15-12(11)14-3/h6,8-10H,4-5,7H2,1-3H3,(H,14,15)(H,16,17). The van der Waals surface area contributed by atoms with Crippen LogP contribution >= 0.6 is 0 Å². The molecule has 2 N–H and O–H groups in total. The zero-order valence-corrected chi connectivity index (χ0v) is 10.8. The molecular formula is C13H21N3O. The van der Waals surface area contributed by atoms with Crippen LogP contribution in [0, 0.1) is 0 Å². The van der Waals surface area contributed by atoms with Gasteiger partial charge in [0.15, 0.2) is 0 Å². The van der Waals surface area contributed by atoms with Gasteiger partial charge < -0.3 is 10.6 Å². The molecule has 1 aromatic heterocycles. The van der Waals surface area contributed by atoms with Crippen molar-refractivity contribution in [3.63, 3.8) is 0 Å². The number of pyridine rings is 1. The molecule has 0 bridgehead atoms. The van der Waals surface area contributed by atoms with Gasteiger partial charge in [-0.1, -0.05) is 20.3 Å². The molecule has 17 heavy (non-hydrogen) atoms. The Balaban J connectivity index is 2.75. The SMILES string of the molecule is CCCC(CC)NC(=O)c1cccnc1NC. The highest BCUT2D eigenvalue weighted by atomic mass is 16.1. The molecule has 0 aromatic carbocycles. The molecule has 0 aliphatic carbocycles. The van der Waals surface area contributed by atoms with Crippen LogP contribution < -0.4 is 10.6 Å². The van der Waals surface area contributed by atoms with Crippen LogP contribution in [0.15, 0.2) is 18.3 Å². The zero-order valence-electron chi connectivity index (χ0n) is 10.8. The van der Waals surface area contributed by atoms with Gasteiger partial charge in [0, 0.05) is 19.3 Å². The second-order valence-corrected chi connectivity index (χ2v) is 4.02. The first-order valence-corrected chi connectivity index (χ1v) is 6.16. The predicted octanol–water partition coefficient (Wildman–Crippen LogP) is 2.43. The minimum atomic E-state index is -0.0530. The number of anilines is 1. The Morgan fingerprint density at radius 2 is 2.24 bits per heavy atom. The van der Waals surface area contributed by atoms with Crippen LogP contribution in [-0.4, -0.2) is 24.0 Å². The summed E-state index contributed by atoms with van der Waals surface area (Å²) in [5.41, 5.74) is 0.601. The third-order valence-corrected chi connectivity index (χ3v) is 2.75. The van der Waals surface area contributed by atoms with Gasteiger partial charge in [0.25, 0.3) is 5.91 Å². The number of nitrogens with zero attached hydrogens (tertiary/aromatic N) is 1. The summed E-state index contributed by atoms with van der Waals surface area (Å²) in [4.78, 5) is 16.2. The fourth-order valence-electron chi connectivity index (χ4n) is 1.78. The molecule has 1 aromatic rings. The molecule has 4 nitrogen and oxygen atoms in total. The van der Waals surface area contributed by atoms with Gasteiger partial charge >= 0.3 is 0 Å². The Morgan fingerprint density at radius 1 is 1.47 bits per heavy atom. The quantitative estimate of drug-likeness (QED) is 0.796. The van der Waals surface area contributed by atoms with Crippen LogP contribution in [-0.2, 0) is 0 Å². The minimum absolute atomic E-state index is 0.0530. The van der Waals surface area contributed by atoms with Gasteiger partial charge in [-0.2, -0.15) is 0 Å². The van der Waals surface area contributed by atoms with E-state index in [1.165, 1.54) is 0 Å². The number of rotatable bonds is 6. The fourth-order valence-corrected chi connectivity index (χ4v) is 1.78. The van der Waals surface area contributed by atoms with Crippen molar-refractivity contribution in [3.8, 4) is 0 Å². The third-order valence-electron chi connectivity index (χ3n) is 2.75. The molecule has 4 heteroatoms. The maximum atomic E-state index is 12.1. The Kier molecular flexibility index (Phi) is 5.46. The lowest BCUT2D eigenvalue weighted by atomic mass is 10.1. The minimum Gasteiger partial charge on any atom is -0.372 e. The van der Waals surface area contributed by atoms with Gasteiger partial charge in [0.2, 0.25) is 0 Å². The molecule has 0 radical (unpaired) electrons. The van der Waals surface area contributed by atoms with E-state index in [4.69, 9.17) is 0 Å². The molecule has 0 aliphatic heterocycles. The number of hydrogen-bond donors (Lipinski definition) is 2. The normalized spacial score (nSPS) is 11.9. The molecule has 0 saturated heterocycles. The van der Waals surface area contributed by atoms with Gasteiger partial charge in [-0.15, -0.1) is 0 Å². The smallest absolute Gasteiger partial charge is 0.255 e. The van der Waals surface area contributed by atoms with Gasteiger partial charge in [-0.05, 0) is 25.0 Å². The Bertz CT molecular complexity index is 365. The Labute approximate surface area is 103 Å². The van der Waals surface area contributed by atoms with E-state index >= 15 is 0 Å². The van der Waals surface area contributed by atoms with Gasteiger partial charge in [-0.25, -0.2) is 4.98 Å². The highest BCUT2D eigenvalue weighted by Gasteiger charge is 2.14. The van der Waals surface area contributed by atoms with Crippen LogP contribution in [0.2, 0.25) is 0 Å². The lowest BCUT2D eigenvalue weighted by molar-refractivity contribution is 0.0934. The summed E-state index contributed by atoms with van der Waals surface area (Å²) in [6.45, 7) is 4.21. The summed E-state index contributed by atoms with van der Waals surface area (Å²) in [6.07, 6.45) is 4.71. The largest absolute Gasteiger partial charge is 0.372 e. The van der Waals surface area contributed by atoms with E-state index in [2.05, 4.69) is 29.5 Å². The second-order valence-electron chi connectivity index (χ2n) is 4.02. The van der Waals surface area contributed by atoms with Crippen molar-refractivity contribution < 1.29 is 4.79 Å². The molecule has 0 fully saturated rings. The number of carbonyl (C=O) groups is 1. The van der Waals surface area contributed by atoms with E-state index < -0.39 is 0 Å². The zero-order chi connectivity index (χ0) is 12.7. The summed E-state index contributed by atoms with van der Waals surface area (Å²) in [5.74, 6) is 0.569. The second kappa shape index (κ2) is 6.89. The van der Waals surface area contributed by atoms with Gasteiger partial charge in [0.1, 0.15) is 5.82 Å². The summed E-state index contributed by atoms with van der Waals surface area (Å²) in [6, 6.07) is 3.81. The van der Waals surface area contributed by atoms with E-state index in [0.29, 0.717) is 11.4 Å². The lowest BCUT2D eigenvalue weighted by Gasteiger charge is -2.16. The maximum Gasteiger partial charge on any atom is 0.255 e. The van der Waals surface area contributed by atoms with Crippen molar-refractivity contribution in [2.24, 2.45) is 0 Å². The van der Waals surface area contributed by atoms with E-state index in [1.807, 2.05) is 0 Å². The first kappa shape index (κ1) is 13.5. The van der Waals surface area contributed by atoms with E-state index in [-0.39, 0.29) is 11.9 Å². The molecule has 94 valence electrons. The predicted molar refractivity (Wildman–Crippen MR) is 70.2 cm³/mol. The van der Waals surface area contributed by atoms with E-state index in [1.54, 1.807) is 25.4 Å². The van der Waals surface area contributed by atoms with Crippen molar-refractivity contribution >= 4 is 11.7 Å². The van der Waals surface area contributed by atoms with Crippen LogP contribution in [0.25, 0.3) is 0 Å². The first-order valence-electron chi connectivity index (χ1n) is 6.16. The summed E-state index contributed by atoms with van der Waals surface area (Å²) in [5, 5.41) is 5.97. The summed E-state index contributed by atoms with van der Waals surface area (Å²) >= 11 is 0. The van der Waals surface area contributed by atoms with Crippen molar-refractivity contribution in [2.75, 3.05) is 12.4 Å². The van der Waals surface area contributed by atoms with E-state index in [0.717, 1.165) is 19.3 Å². The lowest BCUT2D eigenvalue weighted by Crippen LogP contribution is -2.34. The van der Waals surface area contributed by atoms with Crippen LogP contribution in [0.3, 0.4) is 0 Å². The monoisotopic (exact) mass is 235 g/mol. The molecule has 0 aliphatic rings. The van der Waals surface area contributed by atoms with Crippen molar-refractivity contribution in [1.29, 1.82) is 0 Å². The molecule has 1 heterocycles. The fraction of sp³-hybridized carbons (Fsp3) is 0.538. The number of hydrogen-bond acceptors (Lipinski definition) is 3. The average molecular weight is 235 g/mol. The topological polar surface area (TPSA) is 54.0 Å². The average Bonchev–Trinajstić information content (AvgIpc) is 2.38. The number of carbonyl (C=O) groups excluding carboxylic acids is 1. The molecule has 1 rings (SSSR count). The third kappa shape index (κ3) is 3.73. The van der Waals surface area contributed by atoms with Gasteiger partial charge in [-0.3, -0.25) is 4.79 Å². The highest BCUT2D eigenvalue weighted by molar-refractivity contribution is 5.98. The van der Waals surface area contributed by atoms with E-state index in [9.17, 15) is 4.79 Å². The molecule has 1 atom stereocenters. The first-order chi connectivity index (χ1) is 8.22. The van der Waals surface area contributed by atoms with Crippen LogP contribution in [0.1, 0.15) is 43.5 Å². The Morgan fingerprint density at radius 3 is 2.82 bits per heavy atom. The van der Waals surface area contributed by atoms with Gasteiger partial charge in [0.05, 0.1) is 5.56 Å². The van der Waals surface area contributed by atoms with Crippen LogP contribution in [0.5, 0.6) is 0 Å². The number of aromatic nitrogens is 1. The van der Waals surface area contributed by atoms with Crippen molar-refractivity contribution in [2.45, 2.75) is 39.2 Å². The van der Waals surface area contributed by atoms with Crippen molar-refractivity contribution in [3.05, 3.63) is 23.9 Å². The molecule has 1 amide bonds. The highest BCUT2D eigenvalue weighted by Crippen LogP contribution is 2.11. The summed E-state index contributed by atoms with van der Waals surface area (Å²) in [7, 11) is 1.77. The molecule has 0 spiro atoms. The molecule has 0 saturated carbocycles. The Hall–Kier alpha value is -1.58. The summed E-state index contributed by atoms with van der Waals surface area (Å²) < 4.78 is 0. The number of amides is 1. The molecule has 1 unspecified atom stereocenters.